The van der Waals surface area contributed by atoms with Crippen LogP contribution in [0.4, 0.5) is 5.69 Å². The van der Waals surface area contributed by atoms with Gasteiger partial charge in [-0.25, -0.2) is 8.42 Å². The van der Waals surface area contributed by atoms with Crippen molar-refractivity contribution in [2.24, 2.45) is 0 Å². The van der Waals surface area contributed by atoms with Crippen molar-refractivity contribution in [1.29, 1.82) is 0 Å². The number of aromatic nitrogens is 3. The van der Waals surface area contributed by atoms with Crippen molar-refractivity contribution in [3.05, 3.63) is 75.5 Å². The van der Waals surface area contributed by atoms with Gasteiger partial charge < -0.3 is 9.88 Å². The first-order valence-electron chi connectivity index (χ1n) is 9.50. The van der Waals surface area contributed by atoms with Crippen LogP contribution in [0.25, 0.3) is 0 Å². The minimum absolute atomic E-state index is 0.0325. The topological polar surface area (TPSA) is 93.9 Å². The first-order chi connectivity index (χ1) is 15.6. The molecule has 0 radical (unpaired) electrons. The number of rotatable bonds is 9. The lowest BCUT2D eigenvalue weighted by Crippen LogP contribution is -2.16. The van der Waals surface area contributed by atoms with E-state index in [-0.39, 0.29) is 50.4 Å². The number of thioether (sulfide) groups is 1. The molecule has 0 spiro atoms. The lowest BCUT2D eigenvalue weighted by atomic mass is 10.2. The minimum Gasteiger partial charge on any atom is -0.323 e. The maximum Gasteiger partial charge on any atom is 0.234 e. The van der Waals surface area contributed by atoms with Crippen molar-refractivity contribution in [3.8, 4) is 0 Å². The third kappa shape index (κ3) is 6.51. The average molecular weight is 546 g/mol. The zero-order chi connectivity index (χ0) is 24.2. The molecule has 1 amide bonds. The second kappa shape index (κ2) is 10.9. The second-order valence-electron chi connectivity index (χ2n) is 6.95. The molecule has 0 aliphatic carbocycles. The van der Waals surface area contributed by atoms with Gasteiger partial charge in [-0.1, -0.05) is 70.3 Å². The third-order valence-electron chi connectivity index (χ3n) is 4.41. The Hall–Kier alpha value is -2.04. The highest BCUT2D eigenvalue weighted by molar-refractivity contribution is 7.99. The lowest BCUT2D eigenvalue weighted by molar-refractivity contribution is -0.113. The van der Waals surface area contributed by atoms with Crippen molar-refractivity contribution < 1.29 is 13.2 Å². The zero-order valence-corrected chi connectivity index (χ0v) is 21.3. The molecule has 0 aliphatic rings. The Morgan fingerprint density at radius 2 is 1.79 bits per heavy atom. The number of carbonyl (C=O) groups is 1. The molecular weight excluding hydrogens is 527 g/mol. The van der Waals surface area contributed by atoms with Gasteiger partial charge in [0.25, 0.3) is 0 Å². The smallest absolute Gasteiger partial charge is 0.234 e. The number of amides is 1. The normalized spacial score (nSPS) is 11.4. The molecule has 0 fully saturated rings. The van der Waals surface area contributed by atoms with E-state index in [2.05, 4.69) is 22.1 Å². The average Bonchev–Trinajstić information content (AvgIpc) is 3.10. The zero-order valence-electron chi connectivity index (χ0n) is 17.4. The van der Waals surface area contributed by atoms with Crippen LogP contribution in [0, 0.1) is 6.92 Å². The number of allylic oxidation sites excluding steroid dienone is 1. The Labute approximate surface area is 211 Å². The molecule has 2 aromatic carbocycles. The number of aryl methyl sites for hydroxylation is 1. The molecule has 12 heteroatoms. The van der Waals surface area contributed by atoms with E-state index in [1.54, 1.807) is 34.9 Å². The molecule has 3 aromatic rings. The van der Waals surface area contributed by atoms with Crippen molar-refractivity contribution in [3.63, 3.8) is 0 Å². The monoisotopic (exact) mass is 544 g/mol. The van der Waals surface area contributed by atoms with Crippen LogP contribution >= 0.6 is 46.6 Å². The summed E-state index contributed by atoms with van der Waals surface area (Å²) in [4.78, 5) is 12.6. The van der Waals surface area contributed by atoms with E-state index in [4.69, 9.17) is 34.8 Å². The number of hydrogen-bond donors (Lipinski definition) is 1. The molecule has 0 bridgehead atoms. The maximum absolute atomic E-state index is 12.8. The Kier molecular flexibility index (Phi) is 8.47. The summed E-state index contributed by atoms with van der Waals surface area (Å²) in [5.41, 5.74) is 1.22. The predicted octanol–water partition coefficient (Wildman–Crippen LogP) is 5.44. The van der Waals surface area contributed by atoms with Gasteiger partial charge in [-0.2, -0.15) is 0 Å². The van der Waals surface area contributed by atoms with Gasteiger partial charge in [-0.3, -0.25) is 4.79 Å². The van der Waals surface area contributed by atoms with Crippen LogP contribution in [0.1, 0.15) is 11.4 Å². The highest BCUT2D eigenvalue weighted by Crippen LogP contribution is 2.34. The Morgan fingerprint density at radius 1 is 1.15 bits per heavy atom. The molecule has 0 atom stereocenters. The van der Waals surface area contributed by atoms with Crippen LogP contribution in [0.3, 0.4) is 0 Å². The Balaban J connectivity index is 1.74. The van der Waals surface area contributed by atoms with E-state index in [0.717, 1.165) is 17.3 Å². The van der Waals surface area contributed by atoms with Gasteiger partial charge in [0.15, 0.2) is 15.0 Å². The fourth-order valence-corrected chi connectivity index (χ4v) is 5.76. The molecule has 1 aromatic heterocycles. The summed E-state index contributed by atoms with van der Waals surface area (Å²) in [6.07, 6.45) is 1.60. The quantitative estimate of drug-likeness (QED) is 0.284. The van der Waals surface area contributed by atoms with Crippen LogP contribution < -0.4 is 5.32 Å². The summed E-state index contributed by atoms with van der Waals surface area (Å²) in [5, 5.41) is 11.9. The van der Waals surface area contributed by atoms with Crippen LogP contribution in [-0.2, 0) is 26.9 Å². The van der Waals surface area contributed by atoms with Gasteiger partial charge in [0.1, 0.15) is 11.6 Å². The molecule has 33 heavy (non-hydrogen) atoms. The van der Waals surface area contributed by atoms with E-state index in [0.29, 0.717) is 10.2 Å². The maximum atomic E-state index is 12.8. The first kappa shape index (κ1) is 25.6. The standard InChI is InChI=1S/C21H19Cl3N4O3S2/c1-3-8-28-18(12-33(30,31)15-6-4-13(2)5-7-15)26-27-21(28)32-11-19(29)25-20-16(23)9-14(22)10-17(20)24/h3-7,9-10H,1,8,11-12H2,2H3,(H,25,29). The molecule has 3 rings (SSSR count). The lowest BCUT2D eigenvalue weighted by Gasteiger charge is -2.10. The molecule has 0 saturated carbocycles. The molecule has 1 heterocycles. The van der Waals surface area contributed by atoms with Gasteiger partial charge in [0.05, 0.1) is 26.4 Å². The van der Waals surface area contributed by atoms with Gasteiger partial charge >= 0.3 is 0 Å². The van der Waals surface area contributed by atoms with Crippen molar-refractivity contribution in [1.82, 2.24) is 14.8 Å². The fourth-order valence-electron chi connectivity index (χ4n) is 2.81. The molecule has 7 nitrogen and oxygen atoms in total. The summed E-state index contributed by atoms with van der Waals surface area (Å²) in [7, 11) is -3.63. The van der Waals surface area contributed by atoms with Crippen molar-refractivity contribution in [2.75, 3.05) is 11.1 Å². The number of sulfone groups is 1. The minimum atomic E-state index is -3.63. The first-order valence-corrected chi connectivity index (χ1v) is 13.3. The van der Waals surface area contributed by atoms with Gasteiger partial charge in [0, 0.05) is 11.6 Å². The number of nitrogens with zero attached hydrogens (tertiary/aromatic N) is 3. The summed E-state index contributed by atoms with van der Waals surface area (Å²) in [6.45, 7) is 5.87. The fraction of sp³-hybridized carbons (Fsp3) is 0.190. The van der Waals surface area contributed by atoms with E-state index in [1.165, 1.54) is 12.1 Å². The molecule has 0 unspecified atom stereocenters. The highest BCUT2D eigenvalue weighted by Gasteiger charge is 2.22. The Bertz CT molecular complexity index is 1270. The van der Waals surface area contributed by atoms with Crippen LogP contribution in [0.15, 0.2) is 59.1 Å². The highest BCUT2D eigenvalue weighted by atomic mass is 35.5. The molecular formula is C21H19Cl3N4O3S2. The molecule has 174 valence electrons. The van der Waals surface area contributed by atoms with Crippen LogP contribution in [0.2, 0.25) is 15.1 Å². The number of halogens is 3. The number of carbonyl (C=O) groups excluding carboxylic acids is 1. The number of nitrogens with one attached hydrogen (secondary N) is 1. The van der Waals surface area contributed by atoms with Crippen molar-refractivity contribution >= 4 is 68.0 Å². The summed E-state index contributed by atoms with van der Waals surface area (Å²) in [5.74, 6) is -0.496. The van der Waals surface area contributed by atoms with Crippen molar-refractivity contribution in [2.45, 2.75) is 29.3 Å². The third-order valence-corrected chi connectivity index (χ3v) is 7.82. The number of hydrogen-bond acceptors (Lipinski definition) is 6. The number of benzene rings is 2. The molecule has 0 saturated heterocycles. The van der Waals surface area contributed by atoms with Crippen LogP contribution in [-0.4, -0.2) is 34.8 Å². The van der Waals surface area contributed by atoms with E-state index < -0.39 is 9.84 Å². The largest absolute Gasteiger partial charge is 0.323 e. The summed E-state index contributed by atoms with van der Waals surface area (Å²) < 4.78 is 27.3. The number of anilines is 1. The van der Waals surface area contributed by atoms with E-state index in [9.17, 15) is 13.2 Å². The van der Waals surface area contributed by atoms with Gasteiger partial charge in [0.2, 0.25) is 5.91 Å². The van der Waals surface area contributed by atoms with Gasteiger partial charge in [-0.05, 0) is 31.2 Å². The van der Waals surface area contributed by atoms with Crippen LogP contribution in [0.5, 0.6) is 0 Å². The SMILES string of the molecule is C=CCn1c(CS(=O)(=O)c2ccc(C)cc2)nnc1SCC(=O)Nc1c(Cl)cc(Cl)cc1Cl. The van der Waals surface area contributed by atoms with E-state index >= 15 is 0 Å². The summed E-state index contributed by atoms with van der Waals surface area (Å²) in [6, 6.07) is 9.54. The predicted molar refractivity (Wildman–Crippen MR) is 133 cm³/mol. The summed E-state index contributed by atoms with van der Waals surface area (Å²) >= 11 is 19.2. The second-order valence-corrected chi connectivity index (χ2v) is 11.1. The molecule has 0 aliphatic heterocycles. The van der Waals surface area contributed by atoms with Gasteiger partial charge in [-0.15, -0.1) is 16.8 Å². The molecule has 1 N–H and O–H groups in total. The Morgan fingerprint density at radius 3 is 2.39 bits per heavy atom. The van der Waals surface area contributed by atoms with E-state index in [1.807, 2.05) is 6.92 Å².